The molecule has 1 aliphatic carbocycles. The van der Waals surface area contributed by atoms with Gasteiger partial charge >= 0.3 is 0 Å². The second kappa shape index (κ2) is 17.4. The van der Waals surface area contributed by atoms with E-state index in [2.05, 4.69) is 24.1 Å². The number of nitrogens with one attached hydrogen (secondary N) is 1. The number of allylic oxidation sites excluding steroid dienone is 2. The number of aliphatic hydroxyl groups is 1. The van der Waals surface area contributed by atoms with Gasteiger partial charge in [0.25, 0.3) is 0 Å². The number of benzene rings is 1. The van der Waals surface area contributed by atoms with Gasteiger partial charge in [-0.25, -0.2) is 0 Å². The summed E-state index contributed by atoms with van der Waals surface area (Å²) in [5, 5.41) is 15.0. The van der Waals surface area contributed by atoms with Crippen molar-refractivity contribution >= 4 is 23.6 Å². The van der Waals surface area contributed by atoms with Crippen molar-refractivity contribution in [1.29, 1.82) is 0 Å². The molecule has 2 amide bonds. The molecule has 0 fully saturated rings. The third-order valence-corrected chi connectivity index (χ3v) is 8.80. The van der Waals surface area contributed by atoms with Gasteiger partial charge in [-0.3, -0.25) is 9.59 Å². The molecular weight excluding hydrogens is 560 g/mol. The van der Waals surface area contributed by atoms with Gasteiger partial charge < -0.3 is 30.4 Å². The molecular formula is C34H50N4O4S. The third kappa shape index (κ3) is 10.1. The highest BCUT2D eigenvalue weighted by Crippen LogP contribution is 2.43. The summed E-state index contributed by atoms with van der Waals surface area (Å²) < 4.78 is 5.89. The Morgan fingerprint density at radius 1 is 1.09 bits per heavy atom. The lowest BCUT2D eigenvalue weighted by Gasteiger charge is -2.41. The summed E-state index contributed by atoms with van der Waals surface area (Å²) in [5.41, 5.74) is 6.51. The fourth-order valence-corrected chi connectivity index (χ4v) is 6.51. The first-order valence-corrected chi connectivity index (χ1v) is 16.6. The largest absolute Gasteiger partial charge is 0.464 e. The number of primary amides is 1. The summed E-state index contributed by atoms with van der Waals surface area (Å²) in [6.45, 7) is 7.19. The van der Waals surface area contributed by atoms with Crippen molar-refractivity contribution in [2.24, 2.45) is 17.1 Å². The topological polar surface area (TPSA) is 112 Å². The maximum atomic E-state index is 13.5. The Balaban J connectivity index is 1.68. The van der Waals surface area contributed by atoms with E-state index in [4.69, 9.17) is 10.2 Å². The van der Waals surface area contributed by atoms with Crippen molar-refractivity contribution in [3.8, 4) is 0 Å². The van der Waals surface area contributed by atoms with Crippen LogP contribution in [-0.2, 0) is 28.3 Å². The van der Waals surface area contributed by atoms with Crippen LogP contribution in [0.25, 0.3) is 0 Å². The average molecular weight is 611 g/mol. The van der Waals surface area contributed by atoms with Crippen LogP contribution in [0.3, 0.4) is 0 Å². The predicted molar refractivity (Wildman–Crippen MR) is 175 cm³/mol. The molecule has 0 saturated carbocycles. The van der Waals surface area contributed by atoms with E-state index < -0.39 is 23.3 Å². The van der Waals surface area contributed by atoms with Gasteiger partial charge in [-0.15, -0.1) is 0 Å². The molecule has 0 aliphatic heterocycles. The fraction of sp³-hybridized carbons (Fsp3) is 0.529. The molecule has 3 atom stereocenters. The monoisotopic (exact) mass is 610 g/mol. The van der Waals surface area contributed by atoms with Crippen molar-refractivity contribution in [2.75, 3.05) is 46.0 Å². The minimum atomic E-state index is -1.20. The smallest absolute Gasteiger partial charge is 0.249 e. The van der Waals surface area contributed by atoms with Crippen LogP contribution in [0.1, 0.15) is 50.2 Å². The van der Waals surface area contributed by atoms with Crippen molar-refractivity contribution < 1.29 is 19.1 Å². The number of hydrogen-bond acceptors (Lipinski definition) is 7. The summed E-state index contributed by atoms with van der Waals surface area (Å²) >= 11 is 1.76. The number of amides is 2. The van der Waals surface area contributed by atoms with E-state index in [1.807, 2.05) is 61.5 Å². The normalized spacial score (nSPS) is 18.0. The van der Waals surface area contributed by atoms with Crippen LogP contribution in [0, 0.1) is 11.3 Å². The van der Waals surface area contributed by atoms with E-state index in [9.17, 15) is 14.7 Å². The lowest BCUT2D eigenvalue weighted by Crippen LogP contribution is -2.51. The highest BCUT2D eigenvalue weighted by Gasteiger charge is 2.47. The first kappa shape index (κ1) is 34.6. The van der Waals surface area contributed by atoms with Gasteiger partial charge in [0, 0.05) is 43.4 Å². The third-order valence-electron chi connectivity index (χ3n) is 7.82. The molecule has 236 valence electrons. The molecule has 1 heterocycles. The number of nitrogens with zero attached hydrogens (tertiary/aromatic N) is 2. The van der Waals surface area contributed by atoms with Gasteiger partial charge in [0.2, 0.25) is 11.8 Å². The Morgan fingerprint density at radius 2 is 1.79 bits per heavy atom. The van der Waals surface area contributed by atoms with Crippen molar-refractivity contribution in [3.63, 3.8) is 0 Å². The minimum absolute atomic E-state index is 0.0628. The van der Waals surface area contributed by atoms with E-state index in [1.54, 1.807) is 30.0 Å². The molecule has 1 unspecified atom stereocenters. The molecule has 0 radical (unpaired) electrons. The Labute approximate surface area is 261 Å². The SMILES string of the molecule is CCCN(CCC)C(=O)C1=CC=CC(C(N)=O)([C@H](Cc2ccccc2)[C@@H](O)CNCCSCc2ccc(CN(C)C)o2)C1. The maximum absolute atomic E-state index is 13.5. The molecule has 3 rings (SSSR count). The summed E-state index contributed by atoms with van der Waals surface area (Å²) in [6.07, 6.45) is 6.84. The van der Waals surface area contributed by atoms with Gasteiger partial charge in [-0.1, -0.05) is 62.4 Å². The van der Waals surface area contributed by atoms with E-state index in [1.165, 1.54) is 0 Å². The van der Waals surface area contributed by atoms with E-state index in [0.29, 0.717) is 38.2 Å². The number of nitrogens with two attached hydrogens (primary N) is 1. The lowest BCUT2D eigenvalue weighted by molar-refractivity contribution is -0.132. The van der Waals surface area contributed by atoms with Crippen LogP contribution < -0.4 is 11.1 Å². The molecule has 2 aromatic rings. The Kier molecular flexibility index (Phi) is 14.1. The first-order chi connectivity index (χ1) is 20.7. The van der Waals surface area contributed by atoms with Gasteiger partial charge in [0.1, 0.15) is 11.5 Å². The van der Waals surface area contributed by atoms with Crippen molar-refractivity contribution in [2.45, 2.75) is 57.9 Å². The quantitative estimate of drug-likeness (QED) is 0.202. The number of aliphatic hydroxyl groups excluding tert-OH is 1. The van der Waals surface area contributed by atoms with Gasteiger partial charge in [0.15, 0.2) is 0 Å². The van der Waals surface area contributed by atoms with Gasteiger partial charge in [-0.2, -0.15) is 11.8 Å². The molecule has 1 aromatic heterocycles. The van der Waals surface area contributed by atoms with Crippen LogP contribution in [0.2, 0.25) is 0 Å². The lowest BCUT2D eigenvalue weighted by atomic mass is 9.64. The summed E-state index contributed by atoms with van der Waals surface area (Å²) in [5.74, 6) is 2.41. The molecule has 1 aromatic carbocycles. The molecule has 4 N–H and O–H groups in total. The average Bonchev–Trinajstić information content (AvgIpc) is 3.43. The zero-order valence-electron chi connectivity index (χ0n) is 26.3. The summed E-state index contributed by atoms with van der Waals surface area (Å²) in [7, 11) is 4.03. The molecule has 1 aliphatic rings. The summed E-state index contributed by atoms with van der Waals surface area (Å²) in [6, 6.07) is 13.9. The van der Waals surface area contributed by atoms with Crippen molar-refractivity contribution in [1.82, 2.24) is 15.1 Å². The van der Waals surface area contributed by atoms with Crippen molar-refractivity contribution in [3.05, 3.63) is 83.3 Å². The molecule has 9 heteroatoms. The molecule has 0 saturated heterocycles. The number of rotatable bonds is 19. The predicted octanol–water partition coefficient (Wildman–Crippen LogP) is 4.39. The Hall–Kier alpha value is -2.85. The van der Waals surface area contributed by atoms with Gasteiger partial charge in [0.05, 0.1) is 23.8 Å². The second-order valence-electron chi connectivity index (χ2n) is 11.7. The minimum Gasteiger partial charge on any atom is -0.464 e. The van der Waals surface area contributed by atoms with E-state index in [0.717, 1.165) is 48.0 Å². The maximum Gasteiger partial charge on any atom is 0.249 e. The van der Waals surface area contributed by atoms with Crippen LogP contribution in [0.4, 0.5) is 0 Å². The molecule has 0 bridgehead atoms. The highest BCUT2D eigenvalue weighted by atomic mass is 32.2. The van der Waals surface area contributed by atoms with Crippen LogP contribution >= 0.6 is 11.8 Å². The standard InChI is InChI=1S/C34H50N4O4S/c1-5-18-38(19-6-2)32(40)27-13-10-16-34(22-27,33(35)41)30(21-26-11-8-7-9-12-26)31(39)23-36-17-20-43-25-29-15-14-28(42-29)24-37(3)4/h7-16,30-31,36,39H,5-6,17-25H2,1-4H3,(H2,35,41)/t30-,31+,34?/m1/s1. The number of carbonyl (C=O) groups is 2. The Morgan fingerprint density at radius 3 is 2.44 bits per heavy atom. The number of thioether (sulfide) groups is 1. The van der Waals surface area contributed by atoms with Crippen LogP contribution in [0.5, 0.6) is 0 Å². The zero-order chi connectivity index (χ0) is 31.2. The Bertz CT molecular complexity index is 1210. The fourth-order valence-electron chi connectivity index (χ4n) is 5.72. The van der Waals surface area contributed by atoms with Crippen LogP contribution in [0.15, 0.2) is 70.7 Å². The molecule has 43 heavy (non-hydrogen) atoms. The number of carbonyl (C=O) groups excluding carboxylic acids is 2. The van der Waals surface area contributed by atoms with E-state index >= 15 is 0 Å². The number of hydrogen-bond donors (Lipinski definition) is 3. The molecule has 0 spiro atoms. The first-order valence-electron chi connectivity index (χ1n) is 15.4. The molecule has 8 nitrogen and oxygen atoms in total. The second-order valence-corrected chi connectivity index (χ2v) is 12.8. The van der Waals surface area contributed by atoms with Gasteiger partial charge in [-0.05, 0) is 57.5 Å². The highest BCUT2D eigenvalue weighted by molar-refractivity contribution is 7.98. The zero-order valence-corrected chi connectivity index (χ0v) is 27.1. The van der Waals surface area contributed by atoms with Crippen LogP contribution in [-0.4, -0.2) is 78.9 Å². The number of furan rings is 1. The summed E-state index contributed by atoms with van der Waals surface area (Å²) in [4.78, 5) is 30.8. The van der Waals surface area contributed by atoms with E-state index in [-0.39, 0.29) is 12.3 Å².